The number of rotatable bonds is 3. The summed E-state index contributed by atoms with van der Waals surface area (Å²) >= 11 is 0. The fourth-order valence-electron chi connectivity index (χ4n) is 2.00. The molecule has 0 saturated heterocycles. The highest BCUT2D eigenvalue weighted by Gasteiger charge is 2.15. The van der Waals surface area contributed by atoms with Gasteiger partial charge < -0.3 is 14.8 Å². The van der Waals surface area contributed by atoms with Crippen LogP contribution in [0.25, 0.3) is 0 Å². The van der Waals surface area contributed by atoms with E-state index in [9.17, 15) is 0 Å². The quantitative estimate of drug-likeness (QED) is 0.913. The lowest BCUT2D eigenvalue weighted by molar-refractivity contribution is 0.170. The molecular formula is C14H12N4O2. The maximum atomic E-state index is 8.97. The van der Waals surface area contributed by atoms with Gasteiger partial charge in [0.1, 0.15) is 19.3 Å². The SMILES string of the molecule is N#Cc1nccnc1NCc1cccc2c1OCCO2. The summed E-state index contributed by atoms with van der Waals surface area (Å²) in [5, 5.41) is 12.1. The second-order valence-corrected chi connectivity index (χ2v) is 4.16. The van der Waals surface area contributed by atoms with Crippen molar-refractivity contribution in [2.24, 2.45) is 0 Å². The van der Waals surface area contributed by atoms with Gasteiger partial charge in [0.2, 0.25) is 0 Å². The second-order valence-electron chi connectivity index (χ2n) is 4.16. The van der Waals surface area contributed by atoms with E-state index in [1.54, 1.807) is 6.20 Å². The van der Waals surface area contributed by atoms with Crippen molar-refractivity contribution < 1.29 is 9.47 Å². The van der Waals surface area contributed by atoms with E-state index in [4.69, 9.17) is 14.7 Å². The highest BCUT2D eigenvalue weighted by atomic mass is 16.6. The molecule has 6 nitrogen and oxygen atoms in total. The zero-order valence-electron chi connectivity index (χ0n) is 10.7. The third kappa shape index (κ3) is 2.34. The van der Waals surface area contributed by atoms with Gasteiger partial charge in [-0.25, -0.2) is 9.97 Å². The molecule has 0 spiro atoms. The Kier molecular flexibility index (Phi) is 3.33. The first-order chi connectivity index (χ1) is 9.88. The number of ether oxygens (including phenoxy) is 2. The van der Waals surface area contributed by atoms with Crippen molar-refractivity contribution in [2.45, 2.75) is 6.54 Å². The molecule has 1 aliphatic rings. The summed E-state index contributed by atoms with van der Waals surface area (Å²) in [4.78, 5) is 8.06. The topological polar surface area (TPSA) is 80.1 Å². The number of hydrogen-bond donors (Lipinski definition) is 1. The van der Waals surface area contributed by atoms with E-state index in [0.717, 1.165) is 17.1 Å². The molecule has 1 aliphatic heterocycles. The number of anilines is 1. The largest absolute Gasteiger partial charge is 0.486 e. The highest BCUT2D eigenvalue weighted by Crippen LogP contribution is 2.33. The van der Waals surface area contributed by atoms with Crippen molar-refractivity contribution in [3.63, 3.8) is 0 Å². The number of nitrogens with zero attached hydrogens (tertiary/aromatic N) is 3. The Labute approximate surface area is 116 Å². The van der Waals surface area contributed by atoms with Crippen molar-refractivity contribution >= 4 is 5.82 Å². The molecule has 100 valence electrons. The molecule has 20 heavy (non-hydrogen) atoms. The van der Waals surface area contributed by atoms with E-state index in [-0.39, 0.29) is 5.69 Å². The first-order valence-electron chi connectivity index (χ1n) is 6.21. The van der Waals surface area contributed by atoms with E-state index in [1.165, 1.54) is 6.20 Å². The minimum atomic E-state index is 0.273. The molecule has 0 saturated carbocycles. The van der Waals surface area contributed by atoms with Crippen LogP contribution in [-0.4, -0.2) is 23.2 Å². The number of fused-ring (bicyclic) bond motifs is 1. The zero-order chi connectivity index (χ0) is 13.8. The molecule has 0 amide bonds. The van der Waals surface area contributed by atoms with Gasteiger partial charge in [-0.05, 0) is 6.07 Å². The van der Waals surface area contributed by atoms with Crippen molar-refractivity contribution in [1.82, 2.24) is 9.97 Å². The summed E-state index contributed by atoms with van der Waals surface area (Å²) in [6, 6.07) is 7.73. The van der Waals surface area contributed by atoms with Crippen LogP contribution in [0.1, 0.15) is 11.3 Å². The molecule has 0 fully saturated rings. The van der Waals surface area contributed by atoms with Gasteiger partial charge in [-0.15, -0.1) is 0 Å². The third-order valence-electron chi connectivity index (χ3n) is 2.90. The fourth-order valence-corrected chi connectivity index (χ4v) is 2.00. The van der Waals surface area contributed by atoms with E-state index < -0.39 is 0 Å². The van der Waals surface area contributed by atoms with Gasteiger partial charge in [0.25, 0.3) is 0 Å². The molecule has 0 aliphatic carbocycles. The van der Waals surface area contributed by atoms with Gasteiger partial charge in [-0.1, -0.05) is 12.1 Å². The van der Waals surface area contributed by atoms with Crippen LogP contribution in [0.3, 0.4) is 0 Å². The predicted molar refractivity (Wildman–Crippen MR) is 71.5 cm³/mol. The van der Waals surface area contributed by atoms with Crippen LogP contribution in [-0.2, 0) is 6.54 Å². The lowest BCUT2D eigenvalue weighted by Gasteiger charge is -2.21. The minimum absolute atomic E-state index is 0.273. The standard InChI is InChI=1S/C14H12N4O2/c15-8-11-14(17-5-4-16-11)18-9-10-2-1-3-12-13(10)20-7-6-19-12/h1-5H,6-7,9H2,(H,17,18). The molecule has 2 aromatic rings. The molecule has 0 radical (unpaired) electrons. The number of para-hydroxylation sites is 1. The van der Waals surface area contributed by atoms with E-state index in [1.807, 2.05) is 24.3 Å². The molecule has 2 heterocycles. The van der Waals surface area contributed by atoms with E-state index in [2.05, 4.69) is 15.3 Å². The maximum Gasteiger partial charge on any atom is 0.182 e. The maximum absolute atomic E-state index is 8.97. The average Bonchev–Trinajstić information content (AvgIpc) is 2.53. The van der Waals surface area contributed by atoms with Crippen LogP contribution >= 0.6 is 0 Å². The number of aromatic nitrogens is 2. The van der Waals surface area contributed by atoms with Crippen LogP contribution in [0.15, 0.2) is 30.6 Å². The van der Waals surface area contributed by atoms with Crippen LogP contribution in [0.4, 0.5) is 5.82 Å². The molecule has 1 aromatic heterocycles. The van der Waals surface area contributed by atoms with Crippen LogP contribution in [0.2, 0.25) is 0 Å². The molecule has 0 atom stereocenters. The van der Waals surface area contributed by atoms with Crippen molar-refractivity contribution in [3.8, 4) is 17.6 Å². The van der Waals surface area contributed by atoms with Crippen LogP contribution in [0.5, 0.6) is 11.5 Å². The Morgan fingerprint density at radius 2 is 2.05 bits per heavy atom. The van der Waals surface area contributed by atoms with Gasteiger partial charge in [-0.3, -0.25) is 0 Å². The fraction of sp³-hybridized carbons (Fsp3) is 0.214. The Morgan fingerprint density at radius 1 is 1.20 bits per heavy atom. The summed E-state index contributed by atoms with van der Waals surface area (Å²) < 4.78 is 11.2. The molecule has 1 aromatic carbocycles. The molecule has 0 unspecified atom stereocenters. The molecule has 1 N–H and O–H groups in total. The van der Waals surface area contributed by atoms with Crippen molar-refractivity contribution in [3.05, 3.63) is 41.9 Å². The van der Waals surface area contributed by atoms with Crippen LogP contribution in [0, 0.1) is 11.3 Å². The highest BCUT2D eigenvalue weighted by molar-refractivity contribution is 5.51. The first-order valence-corrected chi connectivity index (χ1v) is 6.21. The number of nitrogens with one attached hydrogen (secondary N) is 1. The summed E-state index contributed by atoms with van der Waals surface area (Å²) in [5.41, 5.74) is 1.23. The van der Waals surface area contributed by atoms with E-state index >= 15 is 0 Å². The number of hydrogen-bond acceptors (Lipinski definition) is 6. The predicted octanol–water partition coefficient (Wildman–Crippen LogP) is 1.73. The summed E-state index contributed by atoms with van der Waals surface area (Å²) in [7, 11) is 0. The summed E-state index contributed by atoms with van der Waals surface area (Å²) in [6.45, 7) is 1.59. The number of nitriles is 1. The third-order valence-corrected chi connectivity index (χ3v) is 2.90. The average molecular weight is 268 g/mol. The lowest BCUT2D eigenvalue weighted by atomic mass is 10.1. The lowest BCUT2D eigenvalue weighted by Crippen LogP contribution is -2.17. The van der Waals surface area contributed by atoms with Gasteiger partial charge in [0.15, 0.2) is 23.0 Å². The summed E-state index contributed by atoms with van der Waals surface area (Å²) in [5.74, 6) is 1.95. The summed E-state index contributed by atoms with van der Waals surface area (Å²) in [6.07, 6.45) is 3.04. The smallest absolute Gasteiger partial charge is 0.182 e. The van der Waals surface area contributed by atoms with E-state index in [0.29, 0.717) is 25.6 Å². The monoisotopic (exact) mass is 268 g/mol. The van der Waals surface area contributed by atoms with Crippen LogP contribution < -0.4 is 14.8 Å². The Balaban J connectivity index is 1.81. The molecular weight excluding hydrogens is 256 g/mol. The number of benzene rings is 1. The molecule has 3 rings (SSSR count). The second kappa shape index (κ2) is 5.45. The first kappa shape index (κ1) is 12.2. The van der Waals surface area contributed by atoms with Crippen molar-refractivity contribution in [1.29, 1.82) is 5.26 Å². The molecule has 0 bridgehead atoms. The Bertz CT molecular complexity index is 666. The Morgan fingerprint density at radius 3 is 2.95 bits per heavy atom. The molecule has 6 heteroatoms. The van der Waals surface area contributed by atoms with Gasteiger partial charge >= 0.3 is 0 Å². The normalized spacial score (nSPS) is 12.6. The zero-order valence-corrected chi connectivity index (χ0v) is 10.7. The van der Waals surface area contributed by atoms with Gasteiger partial charge in [-0.2, -0.15) is 5.26 Å². The van der Waals surface area contributed by atoms with Gasteiger partial charge in [0.05, 0.1) is 0 Å². The Hall–Kier alpha value is -2.81. The van der Waals surface area contributed by atoms with Gasteiger partial charge in [0, 0.05) is 24.5 Å². The minimum Gasteiger partial charge on any atom is -0.486 e. The van der Waals surface area contributed by atoms with Crippen molar-refractivity contribution in [2.75, 3.05) is 18.5 Å².